The molecule has 120 valence electrons. The maximum atomic E-state index is 12.0. The van der Waals surface area contributed by atoms with Crippen LogP contribution in [0.25, 0.3) is 0 Å². The van der Waals surface area contributed by atoms with E-state index in [2.05, 4.69) is 21.2 Å². The fourth-order valence-electron chi connectivity index (χ4n) is 1.85. The quantitative estimate of drug-likeness (QED) is 0.778. The third-order valence-corrected chi connectivity index (χ3v) is 3.84. The van der Waals surface area contributed by atoms with Crippen LogP contribution in [0, 0.1) is 0 Å². The summed E-state index contributed by atoms with van der Waals surface area (Å²) in [6, 6.07) is 13.2. The van der Waals surface area contributed by atoms with Gasteiger partial charge in [0.2, 0.25) is 0 Å². The molecule has 0 fully saturated rings. The standard InChI is InChI=1S/C17H15BrClNO3/c1-11(20-16(21)13-5-7-14(18)8-6-13)17(22)23-10-12-3-2-4-15(19)9-12/h2-9,11H,10H2,1H3,(H,20,21)/t11-/m0/s1. The van der Waals surface area contributed by atoms with Gasteiger partial charge in [0.1, 0.15) is 12.6 Å². The number of benzene rings is 2. The first-order chi connectivity index (χ1) is 11.0. The number of esters is 1. The third kappa shape index (κ3) is 5.37. The molecule has 0 heterocycles. The summed E-state index contributed by atoms with van der Waals surface area (Å²) in [7, 11) is 0. The van der Waals surface area contributed by atoms with E-state index < -0.39 is 12.0 Å². The van der Waals surface area contributed by atoms with Gasteiger partial charge < -0.3 is 10.1 Å². The molecular weight excluding hydrogens is 382 g/mol. The fraction of sp³-hybridized carbons (Fsp3) is 0.176. The summed E-state index contributed by atoms with van der Waals surface area (Å²) in [6.07, 6.45) is 0. The van der Waals surface area contributed by atoms with Crippen molar-refractivity contribution in [2.24, 2.45) is 0 Å². The van der Waals surface area contributed by atoms with E-state index in [1.54, 1.807) is 49.4 Å². The van der Waals surface area contributed by atoms with Crippen molar-refractivity contribution in [1.82, 2.24) is 5.32 Å². The topological polar surface area (TPSA) is 55.4 Å². The Labute approximate surface area is 147 Å². The molecule has 1 N–H and O–H groups in total. The normalized spacial score (nSPS) is 11.6. The highest BCUT2D eigenvalue weighted by molar-refractivity contribution is 9.10. The predicted molar refractivity (Wildman–Crippen MR) is 92.3 cm³/mol. The third-order valence-electron chi connectivity index (χ3n) is 3.08. The van der Waals surface area contributed by atoms with Crippen LogP contribution >= 0.6 is 27.5 Å². The summed E-state index contributed by atoms with van der Waals surface area (Å²) in [4.78, 5) is 24.0. The zero-order valence-corrected chi connectivity index (χ0v) is 14.7. The van der Waals surface area contributed by atoms with E-state index in [0.717, 1.165) is 10.0 Å². The van der Waals surface area contributed by atoms with E-state index in [-0.39, 0.29) is 12.5 Å². The van der Waals surface area contributed by atoms with Gasteiger partial charge in [-0.3, -0.25) is 4.79 Å². The molecule has 0 aromatic heterocycles. The molecule has 6 heteroatoms. The van der Waals surface area contributed by atoms with Gasteiger partial charge in [-0.15, -0.1) is 0 Å². The zero-order chi connectivity index (χ0) is 16.8. The van der Waals surface area contributed by atoms with Crippen molar-refractivity contribution in [3.8, 4) is 0 Å². The molecule has 0 radical (unpaired) electrons. The second-order valence-corrected chi connectivity index (χ2v) is 6.29. The van der Waals surface area contributed by atoms with Crippen LogP contribution in [-0.4, -0.2) is 17.9 Å². The number of nitrogens with one attached hydrogen (secondary N) is 1. The first kappa shape index (κ1) is 17.5. The molecule has 0 spiro atoms. The van der Waals surface area contributed by atoms with Crippen molar-refractivity contribution in [2.75, 3.05) is 0 Å². The van der Waals surface area contributed by atoms with Crippen molar-refractivity contribution in [3.05, 3.63) is 69.2 Å². The summed E-state index contributed by atoms with van der Waals surface area (Å²) in [5, 5.41) is 3.19. The van der Waals surface area contributed by atoms with E-state index in [1.165, 1.54) is 0 Å². The summed E-state index contributed by atoms with van der Waals surface area (Å²) >= 11 is 9.17. The Kier molecular flexibility index (Phi) is 6.19. The number of carbonyl (C=O) groups is 2. The van der Waals surface area contributed by atoms with Crippen molar-refractivity contribution < 1.29 is 14.3 Å². The van der Waals surface area contributed by atoms with Crippen LogP contribution in [0.4, 0.5) is 0 Å². The van der Waals surface area contributed by atoms with E-state index in [1.807, 2.05) is 6.07 Å². The molecule has 0 bridgehead atoms. The average molecular weight is 397 g/mol. The van der Waals surface area contributed by atoms with Crippen LogP contribution in [0.15, 0.2) is 53.0 Å². The van der Waals surface area contributed by atoms with E-state index in [9.17, 15) is 9.59 Å². The van der Waals surface area contributed by atoms with E-state index in [4.69, 9.17) is 16.3 Å². The SMILES string of the molecule is C[C@H](NC(=O)c1ccc(Br)cc1)C(=O)OCc1cccc(Cl)c1. The molecule has 0 aliphatic heterocycles. The Morgan fingerprint density at radius 1 is 1.22 bits per heavy atom. The number of halogens is 2. The lowest BCUT2D eigenvalue weighted by molar-refractivity contribution is -0.146. The smallest absolute Gasteiger partial charge is 0.328 e. The monoisotopic (exact) mass is 395 g/mol. The Balaban J connectivity index is 1.87. The van der Waals surface area contributed by atoms with Gasteiger partial charge in [0, 0.05) is 15.1 Å². The average Bonchev–Trinajstić information content (AvgIpc) is 2.53. The molecule has 2 aromatic rings. The second kappa shape index (κ2) is 8.13. The van der Waals surface area contributed by atoms with Crippen LogP contribution in [0.3, 0.4) is 0 Å². The first-order valence-corrected chi connectivity index (χ1v) is 8.10. The predicted octanol–water partition coefficient (Wildman–Crippen LogP) is 3.96. The number of rotatable bonds is 5. The number of ether oxygens (including phenoxy) is 1. The number of hydrogen-bond acceptors (Lipinski definition) is 3. The van der Waals surface area contributed by atoms with Crippen molar-refractivity contribution in [1.29, 1.82) is 0 Å². The summed E-state index contributed by atoms with van der Waals surface area (Å²) in [5.74, 6) is -0.833. The minimum Gasteiger partial charge on any atom is -0.459 e. The minimum atomic E-state index is -0.745. The van der Waals surface area contributed by atoms with Crippen LogP contribution in [0.5, 0.6) is 0 Å². The van der Waals surface area contributed by atoms with Gasteiger partial charge >= 0.3 is 5.97 Å². The highest BCUT2D eigenvalue weighted by Gasteiger charge is 2.18. The largest absolute Gasteiger partial charge is 0.459 e. The van der Waals surface area contributed by atoms with Crippen LogP contribution in [0.1, 0.15) is 22.8 Å². The van der Waals surface area contributed by atoms with Gasteiger partial charge in [0.15, 0.2) is 0 Å². The molecule has 0 unspecified atom stereocenters. The maximum Gasteiger partial charge on any atom is 0.328 e. The van der Waals surface area contributed by atoms with E-state index >= 15 is 0 Å². The Morgan fingerprint density at radius 2 is 1.91 bits per heavy atom. The molecule has 23 heavy (non-hydrogen) atoms. The molecular formula is C17H15BrClNO3. The molecule has 2 aromatic carbocycles. The highest BCUT2D eigenvalue weighted by Crippen LogP contribution is 2.12. The molecule has 1 atom stereocenters. The first-order valence-electron chi connectivity index (χ1n) is 6.93. The maximum absolute atomic E-state index is 12.0. The number of amides is 1. The molecule has 0 saturated carbocycles. The second-order valence-electron chi connectivity index (χ2n) is 4.94. The Morgan fingerprint density at radius 3 is 2.57 bits per heavy atom. The lowest BCUT2D eigenvalue weighted by Crippen LogP contribution is -2.39. The van der Waals surface area contributed by atoms with Gasteiger partial charge in [0.25, 0.3) is 5.91 Å². The highest BCUT2D eigenvalue weighted by atomic mass is 79.9. The van der Waals surface area contributed by atoms with Gasteiger partial charge in [-0.05, 0) is 48.9 Å². The zero-order valence-electron chi connectivity index (χ0n) is 12.4. The van der Waals surface area contributed by atoms with Crippen LogP contribution in [0.2, 0.25) is 5.02 Å². The summed E-state index contributed by atoms with van der Waals surface area (Å²) < 4.78 is 6.06. The molecule has 0 aliphatic rings. The molecule has 2 rings (SSSR count). The fourth-order valence-corrected chi connectivity index (χ4v) is 2.32. The lowest BCUT2D eigenvalue weighted by Gasteiger charge is -2.13. The van der Waals surface area contributed by atoms with Crippen LogP contribution in [-0.2, 0) is 16.1 Å². The molecule has 0 aliphatic carbocycles. The Hall–Kier alpha value is -1.85. The lowest BCUT2D eigenvalue weighted by atomic mass is 10.2. The molecule has 0 saturated heterocycles. The van der Waals surface area contributed by atoms with Crippen LogP contribution < -0.4 is 5.32 Å². The van der Waals surface area contributed by atoms with Crippen molar-refractivity contribution >= 4 is 39.4 Å². The van der Waals surface area contributed by atoms with Gasteiger partial charge in [-0.25, -0.2) is 4.79 Å². The molecule has 4 nitrogen and oxygen atoms in total. The van der Waals surface area contributed by atoms with Gasteiger partial charge in [0.05, 0.1) is 0 Å². The van der Waals surface area contributed by atoms with Crippen molar-refractivity contribution in [3.63, 3.8) is 0 Å². The number of carbonyl (C=O) groups excluding carboxylic acids is 2. The van der Waals surface area contributed by atoms with Gasteiger partial charge in [-0.2, -0.15) is 0 Å². The number of hydrogen-bond donors (Lipinski definition) is 1. The summed E-state index contributed by atoms with van der Waals surface area (Å²) in [6.45, 7) is 1.69. The van der Waals surface area contributed by atoms with Crippen molar-refractivity contribution in [2.45, 2.75) is 19.6 Å². The summed E-state index contributed by atoms with van der Waals surface area (Å²) in [5.41, 5.74) is 1.26. The van der Waals surface area contributed by atoms with E-state index in [0.29, 0.717) is 10.6 Å². The minimum absolute atomic E-state index is 0.109. The van der Waals surface area contributed by atoms with Gasteiger partial charge in [-0.1, -0.05) is 39.7 Å². The molecule has 1 amide bonds. The Bertz CT molecular complexity index is 703.